The van der Waals surface area contributed by atoms with Gasteiger partial charge in [-0.05, 0) is 38.8 Å². The maximum atomic E-state index is 12.5. The van der Waals surface area contributed by atoms with E-state index in [4.69, 9.17) is 9.15 Å². The Labute approximate surface area is 147 Å². The number of nitrogens with one attached hydrogen (secondary N) is 1. The smallest absolute Gasteiger partial charge is 0.307 e. The average molecular weight is 372 g/mol. The van der Waals surface area contributed by atoms with Crippen molar-refractivity contribution in [2.45, 2.75) is 50.7 Å². The number of sulfonamides is 1. The molecule has 1 amide bonds. The Morgan fingerprint density at radius 1 is 1.24 bits per heavy atom. The molecule has 9 heteroatoms. The van der Waals surface area contributed by atoms with Crippen LogP contribution in [0.15, 0.2) is 21.6 Å². The van der Waals surface area contributed by atoms with Crippen LogP contribution < -0.4 is 5.32 Å². The predicted octanol–water partition coefficient (Wildman–Crippen LogP) is 1.53. The summed E-state index contributed by atoms with van der Waals surface area (Å²) in [5.74, 6) is -1.09. The summed E-state index contributed by atoms with van der Waals surface area (Å²) in [6.45, 7) is 4.48. The first-order chi connectivity index (χ1) is 11.8. The van der Waals surface area contributed by atoms with Crippen LogP contribution in [-0.4, -0.2) is 50.3 Å². The van der Waals surface area contributed by atoms with Gasteiger partial charge in [-0.2, -0.15) is 4.31 Å². The molecule has 1 aromatic rings. The summed E-state index contributed by atoms with van der Waals surface area (Å²) in [6, 6.07) is 2.60. The van der Waals surface area contributed by atoms with Gasteiger partial charge >= 0.3 is 5.97 Å². The van der Waals surface area contributed by atoms with Crippen molar-refractivity contribution in [3.8, 4) is 0 Å². The number of furan rings is 1. The standard InChI is InChI=1S/C16H24N2O6S/c1-12(2)23-14(19)8-9-17-16(20)13-6-7-15(24-13)25(21,22)18-10-4-3-5-11-18/h6-7,12H,3-5,8-11H2,1-2H3,(H,17,20). The van der Waals surface area contributed by atoms with Crippen LogP contribution >= 0.6 is 0 Å². The Balaban J connectivity index is 1.91. The van der Waals surface area contributed by atoms with E-state index in [1.165, 1.54) is 16.4 Å². The fourth-order valence-corrected chi connectivity index (χ4v) is 3.93. The van der Waals surface area contributed by atoms with Crippen molar-refractivity contribution < 1.29 is 27.2 Å². The van der Waals surface area contributed by atoms with Crippen LogP contribution in [0.3, 0.4) is 0 Å². The molecule has 140 valence electrons. The zero-order valence-corrected chi connectivity index (χ0v) is 15.3. The zero-order chi connectivity index (χ0) is 18.4. The highest BCUT2D eigenvalue weighted by Crippen LogP contribution is 2.22. The second-order valence-corrected chi connectivity index (χ2v) is 8.00. The third-order valence-corrected chi connectivity index (χ3v) is 5.47. The van der Waals surface area contributed by atoms with Crippen molar-refractivity contribution in [2.24, 2.45) is 0 Å². The first kappa shape index (κ1) is 19.5. The van der Waals surface area contributed by atoms with E-state index in [9.17, 15) is 18.0 Å². The minimum Gasteiger partial charge on any atom is -0.463 e. The van der Waals surface area contributed by atoms with Gasteiger partial charge in [-0.25, -0.2) is 8.42 Å². The zero-order valence-electron chi connectivity index (χ0n) is 14.5. The minimum atomic E-state index is -3.71. The van der Waals surface area contributed by atoms with Crippen molar-refractivity contribution >= 4 is 21.9 Å². The fourth-order valence-electron chi connectivity index (χ4n) is 2.50. The largest absolute Gasteiger partial charge is 0.463 e. The monoisotopic (exact) mass is 372 g/mol. The Morgan fingerprint density at radius 3 is 2.56 bits per heavy atom. The van der Waals surface area contributed by atoms with Gasteiger partial charge < -0.3 is 14.5 Å². The second kappa shape index (κ2) is 8.48. The van der Waals surface area contributed by atoms with Crippen LogP contribution in [0, 0.1) is 0 Å². The SMILES string of the molecule is CC(C)OC(=O)CCNC(=O)c1ccc(S(=O)(=O)N2CCCCC2)o1. The van der Waals surface area contributed by atoms with Gasteiger partial charge in [0.1, 0.15) is 0 Å². The van der Waals surface area contributed by atoms with Crippen LogP contribution in [0.1, 0.15) is 50.1 Å². The molecule has 0 aliphatic carbocycles. The molecule has 2 rings (SSSR count). The lowest BCUT2D eigenvalue weighted by Crippen LogP contribution is -2.35. The molecular formula is C16H24N2O6S. The summed E-state index contributed by atoms with van der Waals surface area (Å²) >= 11 is 0. The highest BCUT2D eigenvalue weighted by molar-refractivity contribution is 7.89. The quantitative estimate of drug-likeness (QED) is 0.728. The van der Waals surface area contributed by atoms with Crippen LogP contribution in [-0.2, 0) is 19.6 Å². The molecular weight excluding hydrogens is 348 g/mol. The van der Waals surface area contributed by atoms with E-state index in [1.54, 1.807) is 13.8 Å². The molecule has 1 aromatic heterocycles. The summed E-state index contributed by atoms with van der Waals surface area (Å²) < 4.78 is 36.5. The number of amides is 1. The van der Waals surface area contributed by atoms with E-state index in [1.807, 2.05) is 0 Å². The van der Waals surface area contributed by atoms with E-state index in [0.29, 0.717) is 13.1 Å². The van der Waals surface area contributed by atoms with Gasteiger partial charge in [0, 0.05) is 19.6 Å². The third-order valence-electron chi connectivity index (χ3n) is 3.70. The van der Waals surface area contributed by atoms with E-state index >= 15 is 0 Å². The highest BCUT2D eigenvalue weighted by atomic mass is 32.2. The molecule has 0 atom stereocenters. The minimum absolute atomic E-state index is 0.0313. The predicted molar refractivity (Wildman–Crippen MR) is 89.5 cm³/mol. The number of hydrogen-bond donors (Lipinski definition) is 1. The number of piperidine rings is 1. The second-order valence-electron chi connectivity index (χ2n) is 6.13. The number of carbonyl (C=O) groups excluding carboxylic acids is 2. The average Bonchev–Trinajstić information content (AvgIpc) is 3.05. The van der Waals surface area contributed by atoms with Crippen molar-refractivity contribution in [3.05, 3.63) is 17.9 Å². The fraction of sp³-hybridized carbons (Fsp3) is 0.625. The van der Waals surface area contributed by atoms with E-state index in [2.05, 4.69) is 5.32 Å². The van der Waals surface area contributed by atoms with Gasteiger partial charge in [-0.1, -0.05) is 6.42 Å². The van der Waals surface area contributed by atoms with Gasteiger partial charge in [0.2, 0.25) is 5.09 Å². The van der Waals surface area contributed by atoms with Crippen LogP contribution in [0.4, 0.5) is 0 Å². The lowest BCUT2D eigenvalue weighted by molar-refractivity contribution is -0.147. The van der Waals surface area contributed by atoms with Crippen LogP contribution in [0.25, 0.3) is 0 Å². The van der Waals surface area contributed by atoms with Crippen molar-refractivity contribution in [3.63, 3.8) is 0 Å². The van der Waals surface area contributed by atoms with Gasteiger partial charge in [0.15, 0.2) is 5.76 Å². The molecule has 0 unspecified atom stereocenters. The van der Waals surface area contributed by atoms with Crippen molar-refractivity contribution in [1.82, 2.24) is 9.62 Å². The van der Waals surface area contributed by atoms with Crippen molar-refractivity contribution in [1.29, 1.82) is 0 Å². The highest BCUT2D eigenvalue weighted by Gasteiger charge is 2.29. The first-order valence-corrected chi connectivity index (χ1v) is 9.82. The third kappa shape index (κ3) is 5.30. The first-order valence-electron chi connectivity index (χ1n) is 8.38. The molecule has 0 aromatic carbocycles. The summed E-state index contributed by atoms with van der Waals surface area (Å²) in [6.07, 6.45) is 2.47. The Kier molecular flexibility index (Phi) is 6.60. The number of ether oxygens (including phenoxy) is 1. The molecule has 0 bridgehead atoms. The van der Waals surface area contributed by atoms with Crippen LogP contribution in [0.2, 0.25) is 0 Å². The normalized spacial score (nSPS) is 16.0. The van der Waals surface area contributed by atoms with Gasteiger partial charge in [0.25, 0.3) is 15.9 Å². The lowest BCUT2D eigenvalue weighted by atomic mass is 10.2. The number of carbonyl (C=O) groups is 2. The molecule has 0 saturated carbocycles. The summed E-state index contributed by atoms with van der Waals surface area (Å²) in [4.78, 5) is 23.4. The Hall–Kier alpha value is -1.87. The lowest BCUT2D eigenvalue weighted by Gasteiger charge is -2.24. The number of rotatable bonds is 7. The molecule has 1 aliphatic rings. The number of nitrogens with zero attached hydrogens (tertiary/aromatic N) is 1. The maximum absolute atomic E-state index is 12.5. The van der Waals surface area contributed by atoms with E-state index in [0.717, 1.165) is 19.3 Å². The molecule has 1 saturated heterocycles. The molecule has 1 fully saturated rings. The Morgan fingerprint density at radius 2 is 1.92 bits per heavy atom. The number of esters is 1. The molecule has 0 radical (unpaired) electrons. The number of hydrogen-bond acceptors (Lipinski definition) is 6. The van der Waals surface area contributed by atoms with E-state index < -0.39 is 21.9 Å². The molecule has 25 heavy (non-hydrogen) atoms. The molecule has 2 heterocycles. The van der Waals surface area contributed by atoms with Crippen molar-refractivity contribution in [2.75, 3.05) is 19.6 Å². The van der Waals surface area contributed by atoms with Gasteiger partial charge in [-0.15, -0.1) is 0 Å². The van der Waals surface area contributed by atoms with E-state index in [-0.39, 0.29) is 29.9 Å². The summed E-state index contributed by atoms with van der Waals surface area (Å²) in [7, 11) is -3.71. The molecule has 8 nitrogen and oxygen atoms in total. The molecule has 1 aliphatic heterocycles. The maximum Gasteiger partial charge on any atom is 0.307 e. The van der Waals surface area contributed by atoms with Gasteiger partial charge in [-0.3, -0.25) is 9.59 Å². The van der Waals surface area contributed by atoms with Gasteiger partial charge in [0.05, 0.1) is 12.5 Å². The molecule has 1 N–H and O–H groups in total. The topological polar surface area (TPSA) is 106 Å². The summed E-state index contributed by atoms with van der Waals surface area (Å²) in [5, 5.41) is 2.27. The summed E-state index contributed by atoms with van der Waals surface area (Å²) in [5.41, 5.74) is 0. The Bertz CT molecular complexity index is 704. The molecule has 0 spiro atoms. The van der Waals surface area contributed by atoms with Crippen LogP contribution in [0.5, 0.6) is 0 Å².